The van der Waals surface area contributed by atoms with Gasteiger partial charge in [-0.15, -0.1) is 0 Å². The molecule has 3 heterocycles. The highest BCUT2D eigenvalue weighted by Gasteiger charge is 2.30. The number of benzene rings is 1. The van der Waals surface area contributed by atoms with Gasteiger partial charge in [-0.3, -0.25) is 9.69 Å². The minimum absolute atomic E-state index is 0.113. The molecule has 2 aliphatic heterocycles. The van der Waals surface area contributed by atoms with Gasteiger partial charge in [-0.05, 0) is 31.5 Å². The lowest BCUT2D eigenvalue weighted by atomic mass is 9.96. The number of ether oxygens (including phenoxy) is 1. The predicted octanol–water partition coefficient (Wildman–Crippen LogP) is 1.64. The highest BCUT2D eigenvalue weighted by Crippen LogP contribution is 2.22. The number of amides is 1. The van der Waals surface area contributed by atoms with Gasteiger partial charge in [0.05, 0.1) is 36.7 Å². The summed E-state index contributed by atoms with van der Waals surface area (Å²) in [5.74, 6) is 1.49. The van der Waals surface area contributed by atoms with Crippen molar-refractivity contribution >= 4 is 16.9 Å². The number of carbonyl (C=O) groups excluding carboxylic acids is 1. The van der Waals surface area contributed by atoms with E-state index in [0.717, 1.165) is 62.4 Å². The van der Waals surface area contributed by atoms with E-state index in [2.05, 4.69) is 28.6 Å². The zero-order valence-electron chi connectivity index (χ0n) is 14.9. The van der Waals surface area contributed by atoms with Crippen molar-refractivity contribution in [1.29, 1.82) is 0 Å². The van der Waals surface area contributed by atoms with Crippen molar-refractivity contribution in [3.05, 3.63) is 30.1 Å². The lowest BCUT2D eigenvalue weighted by Gasteiger charge is -2.36. The highest BCUT2D eigenvalue weighted by atomic mass is 16.5. The Hall–Kier alpha value is -1.92. The number of hydrogen-bond acceptors (Lipinski definition) is 4. The maximum atomic E-state index is 12.8. The zero-order valence-corrected chi connectivity index (χ0v) is 14.9. The number of hydrogen-bond donors (Lipinski definition) is 0. The van der Waals surface area contributed by atoms with Crippen LogP contribution in [-0.4, -0.2) is 64.7 Å². The number of rotatable bonds is 3. The molecule has 2 saturated heterocycles. The fourth-order valence-electron chi connectivity index (χ4n) is 3.98. The minimum atomic E-state index is 0.113. The quantitative estimate of drug-likeness (QED) is 0.851. The van der Waals surface area contributed by atoms with E-state index in [-0.39, 0.29) is 5.92 Å². The monoisotopic (exact) mass is 342 g/mol. The maximum Gasteiger partial charge on any atom is 0.227 e. The van der Waals surface area contributed by atoms with Crippen LogP contribution in [0.4, 0.5) is 0 Å². The first kappa shape index (κ1) is 16.5. The summed E-state index contributed by atoms with van der Waals surface area (Å²) in [6.07, 6.45) is 2.07. The van der Waals surface area contributed by atoms with Crippen LogP contribution in [0, 0.1) is 5.92 Å². The number of nitrogens with zero attached hydrogens (tertiary/aromatic N) is 4. The molecule has 2 fully saturated rings. The molecule has 134 valence electrons. The van der Waals surface area contributed by atoms with Crippen LogP contribution in [0.3, 0.4) is 0 Å². The summed E-state index contributed by atoms with van der Waals surface area (Å²) in [6, 6.07) is 8.23. The topological polar surface area (TPSA) is 50.6 Å². The number of piperidine rings is 1. The van der Waals surface area contributed by atoms with Gasteiger partial charge < -0.3 is 14.2 Å². The largest absolute Gasteiger partial charge is 0.378 e. The van der Waals surface area contributed by atoms with E-state index in [9.17, 15) is 4.79 Å². The molecular weight excluding hydrogens is 316 g/mol. The van der Waals surface area contributed by atoms with Gasteiger partial charge in [0.2, 0.25) is 5.91 Å². The standard InChI is InChI=1S/C19H26N4O2/c1-21-17-7-3-2-6-16(17)20-18(21)14-22-8-4-5-15(13-22)19(24)23-9-11-25-12-10-23/h2-3,6-7,15H,4-5,8-14H2,1H3/t15-/m1/s1. The summed E-state index contributed by atoms with van der Waals surface area (Å²) < 4.78 is 7.53. The van der Waals surface area contributed by atoms with Gasteiger partial charge in [-0.1, -0.05) is 12.1 Å². The Labute approximate surface area is 148 Å². The van der Waals surface area contributed by atoms with Gasteiger partial charge in [0.15, 0.2) is 0 Å². The Kier molecular flexibility index (Phi) is 4.72. The van der Waals surface area contributed by atoms with Crippen molar-refractivity contribution in [2.75, 3.05) is 39.4 Å². The summed E-state index contributed by atoms with van der Waals surface area (Å²) in [6.45, 7) is 5.48. The lowest BCUT2D eigenvalue weighted by molar-refractivity contribution is -0.141. The first-order chi connectivity index (χ1) is 12.2. The van der Waals surface area contributed by atoms with E-state index in [1.54, 1.807) is 0 Å². The molecule has 1 amide bonds. The average molecular weight is 342 g/mol. The number of aromatic nitrogens is 2. The number of likely N-dealkylation sites (tertiary alicyclic amines) is 1. The van der Waals surface area contributed by atoms with Gasteiger partial charge in [0.1, 0.15) is 5.82 Å². The maximum absolute atomic E-state index is 12.8. The fraction of sp³-hybridized carbons (Fsp3) is 0.579. The first-order valence-corrected chi connectivity index (χ1v) is 9.21. The second-order valence-corrected chi connectivity index (χ2v) is 7.09. The Balaban J connectivity index is 1.43. The molecule has 0 saturated carbocycles. The van der Waals surface area contributed by atoms with Crippen molar-refractivity contribution in [2.45, 2.75) is 19.4 Å². The SMILES string of the molecule is Cn1c(CN2CCC[C@@H](C(=O)N3CCOCC3)C2)nc2ccccc21. The van der Waals surface area contributed by atoms with Crippen LogP contribution in [0.5, 0.6) is 0 Å². The van der Waals surface area contributed by atoms with Gasteiger partial charge >= 0.3 is 0 Å². The lowest BCUT2D eigenvalue weighted by Crippen LogP contribution is -2.48. The van der Waals surface area contributed by atoms with E-state index >= 15 is 0 Å². The highest BCUT2D eigenvalue weighted by molar-refractivity contribution is 5.79. The molecule has 4 rings (SSSR count). The Morgan fingerprint density at radius 2 is 2.04 bits per heavy atom. The zero-order chi connectivity index (χ0) is 17.2. The van der Waals surface area contributed by atoms with Crippen molar-refractivity contribution in [2.24, 2.45) is 13.0 Å². The molecule has 0 spiro atoms. The number of aryl methyl sites for hydroxylation is 1. The van der Waals surface area contributed by atoms with Crippen molar-refractivity contribution < 1.29 is 9.53 Å². The van der Waals surface area contributed by atoms with E-state index < -0.39 is 0 Å². The number of carbonyl (C=O) groups is 1. The van der Waals surface area contributed by atoms with Crippen molar-refractivity contribution in [1.82, 2.24) is 19.4 Å². The Morgan fingerprint density at radius 3 is 2.84 bits per heavy atom. The van der Waals surface area contributed by atoms with Crippen LogP contribution in [0.15, 0.2) is 24.3 Å². The van der Waals surface area contributed by atoms with E-state index in [4.69, 9.17) is 9.72 Å². The summed E-state index contributed by atoms with van der Waals surface area (Å²) in [5, 5.41) is 0. The average Bonchev–Trinajstić information content (AvgIpc) is 2.98. The molecule has 0 aliphatic carbocycles. The number of fused-ring (bicyclic) bond motifs is 1. The van der Waals surface area contributed by atoms with Crippen LogP contribution in [0.2, 0.25) is 0 Å². The van der Waals surface area contributed by atoms with Crippen molar-refractivity contribution in [3.63, 3.8) is 0 Å². The molecular formula is C19H26N4O2. The second kappa shape index (κ2) is 7.14. The third kappa shape index (κ3) is 3.41. The fourth-order valence-corrected chi connectivity index (χ4v) is 3.98. The Bertz CT molecular complexity index is 751. The molecule has 0 bridgehead atoms. The predicted molar refractivity (Wildman–Crippen MR) is 96.1 cm³/mol. The third-order valence-corrected chi connectivity index (χ3v) is 5.42. The Morgan fingerprint density at radius 1 is 1.24 bits per heavy atom. The molecule has 1 atom stereocenters. The number of para-hydroxylation sites is 2. The van der Waals surface area contributed by atoms with Crippen LogP contribution in [0.25, 0.3) is 11.0 Å². The molecule has 2 aromatic rings. The summed E-state index contributed by atoms with van der Waals surface area (Å²) in [5.41, 5.74) is 2.20. The minimum Gasteiger partial charge on any atom is -0.378 e. The molecule has 0 radical (unpaired) electrons. The van der Waals surface area contributed by atoms with E-state index in [1.807, 2.05) is 17.0 Å². The van der Waals surface area contributed by atoms with Crippen LogP contribution >= 0.6 is 0 Å². The third-order valence-electron chi connectivity index (χ3n) is 5.42. The van der Waals surface area contributed by atoms with Crippen molar-refractivity contribution in [3.8, 4) is 0 Å². The molecule has 6 nitrogen and oxygen atoms in total. The normalized spacial score (nSPS) is 22.4. The number of morpholine rings is 1. The number of imidazole rings is 1. The van der Waals surface area contributed by atoms with Gasteiger partial charge in [0, 0.05) is 26.7 Å². The van der Waals surface area contributed by atoms with Crippen LogP contribution in [-0.2, 0) is 23.1 Å². The van der Waals surface area contributed by atoms with E-state index in [0.29, 0.717) is 19.1 Å². The summed E-state index contributed by atoms with van der Waals surface area (Å²) in [7, 11) is 2.07. The van der Waals surface area contributed by atoms with Gasteiger partial charge in [-0.2, -0.15) is 0 Å². The molecule has 25 heavy (non-hydrogen) atoms. The second-order valence-electron chi connectivity index (χ2n) is 7.09. The molecule has 0 unspecified atom stereocenters. The van der Waals surface area contributed by atoms with Crippen LogP contribution in [0.1, 0.15) is 18.7 Å². The smallest absolute Gasteiger partial charge is 0.227 e. The molecule has 1 aromatic carbocycles. The molecule has 2 aliphatic rings. The molecule has 0 N–H and O–H groups in total. The summed E-state index contributed by atoms with van der Waals surface area (Å²) >= 11 is 0. The first-order valence-electron chi connectivity index (χ1n) is 9.21. The van der Waals surface area contributed by atoms with Gasteiger partial charge in [-0.25, -0.2) is 4.98 Å². The van der Waals surface area contributed by atoms with E-state index in [1.165, 1.54) is 0 Å². The van der Waals surface area contributed by atoms with Crippen LogP contribution < -0.4 is 0 Å². The summed E-state index contributed by atoms with van der Waals surface area (Å²) in [4.78, 5) is 21.9. The molecule has 1 aromatic heterocycles. The molecule has 6 heteroatoms. The van der Waals surface area contributed by atoms with Gasteiger partial charge in [0.25, 0.3) is 0 Å².